The molecular formula is C23H31F2N5O3. The van der Waals surface area contributed by atoms with E-state index in [1.54, 1.807) is 7.05 Å². The number of pyridine rings is 1. The zero-order chi connectivity index (χ0) is 23.4. The number of amides is 1. The van der Waals surface area contributed by atoms with Gasteiger partial charge in [0.2, 0.25) is 6.43 Å². The molecule has 4 rings (SSSR count). The second-order valence-corrected chi connectivity index (χ2v) is 8.90. The molecule has 0 aliphatic heterocycles. The molecule has 2 aliphatic rings. The van der Waals surface area contributed by atoms with E-state index in [9.17, 15) is 13.6 Å². The molecule has 2 heterocycles. The molecule has 2 saturated carbocycles. The quantitative estimate of drug-likeness (QED) is 0.537. The van der Waals surface area contributed by atoms with Crippen LogP contribution in [-0.2, 0) is 18.4 Å². The van der Waals surface area contributed by atoms with Crippen LogP contribution in [0.1, 0.15) is 68.7 Å². The normalized spacial score (nSPS) is 16.8. The Kier molecular flexibility index (Phi) is 7.39. The fourth-order valence-electron chi connectivity index (χ4n) is 4.07. The molecule has 1 amide bonds. The molecule has 0 unspecified atom stereocenters. The predicted molar refractivity (Wildman–Crippen MR) is 117 cm³/mol. The maximum absolute atomic E-state index is 12.4. The van der Waals surface area contributed by atoms with Crippen molar-refractivity contribution in [2.75, 3.05) is 13.6 Å². The molecule has 0 aromatic carbocycles. The lowest BCUT2D eigenvalue weighted by Crippen LogP contribution is -2.29. The minimum absolute atomic E-state index is 0.0816. The van der Waals surface area contributed by atoms with E-state index in [0.717, 1.165) is 42.0 Å². The summed E-state index contributed by atoms with van der Waals surface area (Å²) in [5.41, 5.74) is 2.73. The zero-order valence-electron chi connectivity index (χ0n) is 19.2. The number of alkyl halides is 2. The van der Waals surface area contributed by atoms with Gasteiger partial charge in [-0.25, -0.2) is 23.2 Å². The minimum Gasteiger partial charge on any atom is -0.489 e. The van der Waals surface area contributed by atoms with E-state index in [1.165, 1.54) is 31.0 Å². The highest BCUT2D eigenvalue weighted by Gasteiger charge is 2.31. The van der Waals surface area contributed by atoms with Crippen molar-refractivity contribution in [2.45, 2.75) is 76.4 Å². The first-order valence-electron chi connectivity index (χ1n) is 11.6. The van der Waals surface area contributed by atoms with Crippen molar-refractivity contribution in [3.05, 3.63) is 23.5 Å². The molecule has 8 nitrogen and oxygen atoms in total. The van der Waals surface area contributed by atoms with Gasteiger partial charge >= 0.3 is 6.09 Å². The van der Waals surface area contributed by atoms with E-state index in [-0.39, 0.29) is 19.3 Å². The fourth-order valence-corrected chi connectivity index (χ4v) is 4.07. The number of aryl methyl sites for hydroxylation is 1. The van der Waals surface area contributed by atoms with Gasteiger partial charge in [-0.3, -0.25) is 0 Å². The molecule has 2 aliphatic carbocycles. The third kappa shape index (κ3) is 5.97. The van der Waals surface area contributed by atoms with Crippen molar-refractivity contribution in [3.63, 3.8) is 0 Å². The van der Waals surface area contributed by atoms with Gasteiger partial charge in [0, 0.05) is 33.0 Å². The molecule has 0 saturated heterocycles. The number of nitrogens with zero attached hydrogens (tertiary/aromatic N) is 5. The van der Waals surface area contributed by atoms with Crippen LogP contribution in [0.25, 0.3) is 11.4 Å². The number of rotatable bonds is 9. The molecule has 2 aromatic rings. The van der Waals surface area contributed by atoms with Crippen LogP contribution in [0.3, 0.4) is 0 Å². The highest BCUT2D eigenvalue weighted by atomic mass is 19.3. The standard InChI is InChI=1S/C23H31F2N5O3/c1-29(13-12-20(24)25)23(31)32-14-18-22(27-28-30(18)2)17-10-11-19(21(26-17)15-8-9-15)33-16-6-4-3-5-7-16/h10-11,15-16,20H,3-9,12-14H2,1-2H3. The molecular weight excluding hydrogens is 432 g/mol. The van der Waals surface area contributed by atoms with E-state index >= 15 is 0 Å². The van der Waals surface area contributed by atoms with Gasteiger partial charge < -0.3 is 14.4 Å². The van der Waals surface area contributed by atoms with E-state index in [1.807, 2.05) is 12.1 Å². The second-order valence-electron chi connectivity index (χ2n) is 8.90. The average Bonchev–Trinajstić information content (AvgIpc) is 3.59. The van der Waals surface area contributed by atoms with Gasteiger partial charge in [-0.15, -0.1) is 5.10 Å². The highest BCUT2D eigenvalue weighted by Crippen LogP contribution is 2.44. The Labute approximate surface area is 192 Å². The van der Waals surface area contributed by atoms with Gasteiger partial charge in [0.15, 0.2) is 0 Å². The summed E-state index contributed by atoms with van der Waals surface area (Å²) in [6.07, 6.45) is 4.73. The lowest BCUT2D eigenvalue weighted by atomic mass is 9.98. The molecule has 33 heavy (non-hydrogen) atoms. The van der Waals surface area contributed by atoms with Crippen molar-refractivity contribution >= 4 is 6.09 Å². The van der Waals surface area contributed by atoms with Gasteiger partial charge in [0.05, 0.1) is 17.5 Å². The van der Waals surface area contributed by atoms with Gasteiger partial charge in [0.1, 0.15) is 23.7 Å². The Morgan fingerprint density at radius 2 is 1.97 bits per heavy atom. The number of hydrogen-bond acceptors (Lipinski definition) is 6. The van der Waals surface area contributed by atoms with Crippen LogP contribution in [0.15, 0.2) is 12.1 Å². The topological polar surface area (TPSA) is 82.4 Å². The van der Waals surface area contributed by atoms with Crippen LogP contribution in [0, 0.1) is 0 Å². The molecule has 10 heteroatoms. The maximum Gasteiger partial charge on any atom is 0.409 e. The summed E-state index contributed by atoms with van der Waals surface area (Å²) in [5.74, 6) is 1.25. The van der Waals surface area contributed by atoms with Gasteiger partial charge in [-0.1, -0.05) is 11.6 Å². The molecule has 2 fully saturated rings. The average molecular weight is 464 g/mol. The number of carbonyl (C=O) groups excluding carboxylic acids is 1. The summed E-state index contributed by atoms with van der Waals surface area (Å²) in [4.78, 5) is 18.2. The molecule has 2 aromatic heterocycles. The number of hydrogen-bond donors (Lipinski definition) is 0. The van der Waals surface area contributed by atoms with E-state index in [2.05, 4.69) is 10.3 Å². The fraction of sp³-hybridized carbons (Fsp3) is 0.652. The van der Waals surface area contributed by atoms with Gasteiger partial charge in [0.25, 0.3) is 0 Å². The van der Waals surface area contributed by atoms with E-state index in [0.29, 0.717) is 23.0 Å². The zero-order valence-corrected chi connectivity index (χ0v) is 19.2. The number of ether oxygens (including phenoxy) is 2. The van der Waals surface area contributed by atoms with Crippen LogP contribution in [-0.4, -0.2) is 57.1 Å². The van der Waals surface area contributed by atoms with Crippen molar-refractivity contribution in [1.82, 2.24) is 24.9 Å². The summed E-state index contributed by atoms with van der Waals surface area (Å²) in [6.45, 7) is -0.167. The third-order valence-electron chi connectivity index (χ3n) is 6.21. The Bertz CT molecular complexity index is 958. The number of carbonyl (C=O) groups is 1. The van der Waals surface area contributed by atoms with Crippen LogP contribution < -0.4 is 4.74 Å². The minimum atomic E-state index is -2.47. The second kappa shape index (κ2) is 10.4. The molecule has 0 N–H and O–H groups in total. The Morgan fingerprint density at radius 1 is 1.21 bits per heavy atom. The van der Waals surface area contributed by atoms with Crippen LogP contribution in [0.5, 0.6) is 5.75 Å². The van der Waals surface area contributed by atoms with Gasteiger partial charge in [-0.05, 0) is 50.7 Å². The third-order valence-corrected chi connectivity index (χ3v) is 6.21. The summed E-state index contributed by atoms with van der Waals surface area (Å²) in [5, 5.41) is 8.31. The van der Waals surface area contributed by atoms with Crippen molar-refractivity contribution in [2.24, 2.45) is 7.05 Å². The van der Waals surface area contributed by atoms with Crippen molar-refractivity contribution in [1.29, 1.82) is 0 Å². The lowest BCUT2D eigenvalue weighted by Gasteiger charge is -2.24. The molecule has 0 radical (unpaired) electrons. The first kappa shape index (κ1) is 23.4. The lowest BCUT2D eigenvalue weighted by molar-refractivity contribution is 0.0873. The van der Waals surface area contributed by atoms with Crippen LogP contribution >= 0.6 is 0 Å². The summed E-state index contributed by atoms with van der Waals surface area (Å²) >= 11 is 0. The van der Waals surface area contributed by atoms with Crippen LogP contribution in [0.4, 0.5) is 13.6 Å². The monoisotopic (exact) mass is 463 g/mol. The van der Waals surface area contributed by atoms with Gasteiger partial charge in [-0.2, -0.15) is 0 Å². The van der Waals surface area contributed by atoms with E-state index < -0.39 is 18.9 Å². The molecule has 0 atom stereocenters. The molecule has 180 valence electrons. The predicted octanol–water partition coefficient (Wildman–Crippen LogP) is 4.69. The summed E-state index contributed by atoms with van der Waals surface area (Å²) in [6, 6.07) is 3.83. The van der Waals surface area contributed by atoms with Crippen molar-refractivity contribution in [3.8, 4) is 17.1 Å². The first-order chi connectivity index (χ1) is 15.9. The summed E-state index contributed by atoms with van der Waals surface area (Å²) < 4.78 is 38.0. The Balaban J connectivity index is 1.48. The first-order valence-corrected chi connectivity index (χ1v) is 11.6. The smallest absolute Gasteiger partial charge is 0.409 e. The maximum atomic E-state index is 12.4. The number of aromatic nitrogens is 4. The molecule has 0 bridgehead atoms. The number of halogens is 2. The van der Waals surface area contributed by atoms with Crippen molar-refractivity contribution < 1.29 is 23.0 Å². The Morgan fingerprint density at radius 3 is 2.67 bits per heavy atom. The highest BCUT2D eigenvalue weighted by molar-refractivity contribution is 5.67. The van der Waals surface area contributed by atoms with Crippen LogP contribution in [0.2, 0.25) is 0 Å². The van der Waals surface area contributed by atoms with E-state index in [4.69, 9.17) is 14.5 Å². The molecule has 0 spiro atoms. The largest absolute Gasteiger partial charge is 0.489 e. The Hall–Kier alpha value is -2.78. The SMILES string of the molecule is CN(CCC(F)F)C(=O)OCc1c(-c2ccc(OC3CCCCC3)c(C3CC3)n2)nnn1C. The summed E-state index contributed by atoms with van der Waals surface area (Å²) in [7, 11) is 3.14.